The van der Waals surface area contributed by atoms with E-state index in [0.717, 1.165) is 10.8 Å². The van der Waals surface area contributed by atoms with Crippen LogP contribution in [0.1, 0.15) is 20.7 Å². The molecule has 0 aliphatic rings. The summed E-state index contributed by atoms with van der Waals surface area (Å²) in [5, 5.41) is 21.5. The highest BCUT2D eigenvalue weighted by molar-refractivity contribution is 6.14. The van der Waals surface area contributed by atoms with Crippen molar-refractivity contribution < 1.29 is 19.8 Å². The summed E-state index contributed by atoms with van der Waals surface area (Å²) in [5.74, 6) is -2.47. The molecule has 0 heterocycles. The van der Waals surface area contributed by atoms with Crippen LogP contribution in [0.2, 0.25) is 0 Å². The van der Waals surface area contributed by atoms with Crippen LogP contribution in [0.4, 0.5) is 0 Å². The third-order valence-electron chi connectivity index (χ3n) is 3.33. The van der Waals surface area contributed by atoms with Crippen molar-refractivity contribution in [3.05, 3.63) is 59.7 Å². The number of hydrogen-bond acceptors (Lipinski definition) is 4. The first-order chi connectivity index (χ1) is 9.58. The lowest BCUT2D eigenvalue weighted by molar-refractivity contribution is 0.0653. The third kappa shape index (κ3) is 2.60. The zero-order valence-corrected chi connectivity index (χ0v) is 11.7. The van der Waals surface area contributed by atoms with Crippen molar-refractivity contribution >= 4 is 33.5 Å². The second kappa shape index (κ2) is 6.21. The quantitative estimate of drug-likeness (QED) is 0.531. The normalized spacial score (nSPS) is 9.82. The van der Waals surface area contributed by atoms with Crippen LogP contribution in [0.15, 0.2) is 48.5 Å². The SMILES string of the molecule is N.N.O=C(O)c1ccc2cc3ccccc3cc2c1C(=O)O. The van der Waals surface area contributed by atoms with Crippen molar-refractivity contribution in [3.8, 4) is 0 Å². The summed E-state index contributed by atoms with van der Waals surface area (Å²) >= 11 is 0. The third-order valence-corrected chi connectivity index (χ3v) is 3.33. The van der Waals surface area contributed by atoms with Crippen LogP contribution >= 0.6 is 0 Å². The minimum Gasteiger partial charge on any atom is -0.478 e. The Hall–Kier alpha value is -2.96. The average Bonchev–Trinajstić information content (AvgIpc) is 2.43. The molecule has 0 spiro atoms. The second-order valence-corrected chi connectivity index (χ2v) is 4.52. The maximum absolute atomic E-state index is 11.4. The largest absolute Gasteiger partial charge is 0.478 e. The molecule has 6 nitrogen and oxygen atoms in total. The molecule has 3 aromatic rings. The lowest BCUT2D eigenvalue weighted by atomic mass is 9.96. The zero-order valence-electron chi connectivity index (χ0n) is 11.7. The summed E-state index contributed by atoms with van der Waals surface area (Å²) in [6.07, 6.45) is 0. The fourth-order valence-corrected chi connectivity index (χ4v) is 2.42. The number of aromatic carboxylic acids is 2. The Morgan fingerprint density at radius 1 is 0.727 bits per heavy atom. The van der Waals surface area contributed by atoms with Crippen LogP contribution in [0, 0.1) is 0 Å². The van der Waals surface area contributed by atoms with Gasteiger partial charge in [-0.15, -0.1) is 0 Å². The maximum atomic E-state index is 11.4. The Bertz CT molecular complexity index is 875. The van der Waals surface area contributed by atoms with E-state index in [-0.39, 0.29) is 23.4 Å². The number of carboxylic acid groups (broad SMARTS) is 2. The van der Waals surface area contributed by atoms with Crippen molar-refractivity contribution in [3.63, 3.8) is 0 Å². The van der Waals surface area contributed by atoms with Gasteiger partial charge in [0.25, 0.3) is 0 Å². The van der Waals surface area contributed by atoms with Crippen LogP contribution in [-0.4, -0.2) is 22.2 Å². The number of carboxylic acids is 2. The Morgan fingerprint density at radius 3 is 1.86 bits per heavy atom. The van der Waals surface area contributed by atoms with Gasteiger partial charge in [-0.05, 0) is 39.7 Å². The van der Waals surface area contributed by atoms with E-state index in [0.29, 0.717) is 10.8 Å². The molecule has 114 valence electrons. The second-order valence-electron chi connectivity index (χ2n) is 4.52. The fourth-order valence-electron chi connectivity index (χ4n) is 2.42. The molecule has 22 heavy (non-hydrogen) atoms. The summed E-state index contributed by atoms with van der Waals surface area (Å²) < 4.78 is 0. The zero-order chi connectivity index (χ0) is 14.3. The van der Waals surface area contributed by atoms with E-state index in [9.17, 15) is 14.7 Å². The minimum atomic E-state index is -1.24. The molecule has 6 heteroatoms. The Balaban J connectivity index is 0.00000121. The van der Waals surface area contributed by atoms with Crippen LogP contribution in [-0.2, 0) is 0 Å². The van der Waals surface area contributed by atoms with Gasteiger partial charge in [0, 0.05) is 0 Å². The number of carbonyl (C=O) groups is 2. The molecule has 0 aromatic heterocycles. The monoisotopic (exact) mass is 300 g/mol. The number of fused-ring (bicyclic) bond motifs is 2. The summed E-state index contributed by atoms with van der Waals surface area (Å²) in [4.78, 5) is 22.6. The van der Waals surface area contributed by atoms with Gasteiger partial charge in [-0.3, -0.25) is 0 Å². The van der Waals surface area contributed by atoms with E-state index in [1.54, 1.807) is 12.1 Å². The molecule has 3 rings (SSSR count). The van der Waals surface area contributed by atoms with E-state index in [2.05, 4.69) is 0 Å². The first-order valence-electron chi connectivity index (χ1n) is 6.00. The summed E-state index contributed by atoms with van der Waals surface area (Å²) in [7, 11) is 0. The van der Waals surface area contributed by atoms with Crippen molar-refractivity contribution in [2.75, 3.05) is 0 Å². The lowest BCUT2D eigenvalue weighted by Gasteiger charge is -2.08. The Labute approximate surface area is 126 Å². The molecule has 0 unspecified atom stereocenters. The number of benzene rings is 3. The van der Waals surface area contributed by atoms with Crippen LogP contribution in [0.3, 0.4) is 0 Å². The molecule has 0 radical (unpaired) electrons. The van der Waals surface area contributed by atoms with Crippen molar-refractivity contribution in [2.45, 2.75) is 0 Å². The van der Waals surface area contributed by atoms with Gasteiger partial charge in [-0.1, -0.05) is 30.3 Å². The molecular weight excluding hydrogens is 284 g/mol. The van der Waals surface area contributed by atoms with Gasteiger partial charge in [0.1, 0.15) is 0 Å². The van der Waals surface area contributed by atoms with Crippen LogP contribution in [0.25, 0.3) is 21.5 Å². The van der Waals surface area contributed by atoms with Gasteiger partial charge in [0.05, 0.1) is 11.1 Å². The highest BCUT2D eigenvalue weighted by Gasteiger charge is 2.19. The van der Waals surface area contributed by atoms with E-state index in [1.165, 1.54) is 6.07 Å². The van der Waals surface area contributed by atoms with Crippen molar-refractivity contribution in [1.82, 2.24) is 12.3 Å². The highest BCUT2D eigenvalue weighted by atomic mass is 16.4. The predicted molar refractivity (Wildman–Crippen MR) is 85.4 cm³/mol. The van der Waals surface area contributed by atoms with Gasteiger partial charge in [0.2, 0.25) is 0 Å². The molecule has 0 fully saturated rings. The molecule has 0 amide bonds. The fraction of sp³-hybridized carbons (Fsp3) is 0. The molecule has 0 aliphatic carbocycles. The Kier molecular flexibility index (Phi) is 4.83. The van der Waals surface area contributed by atoms with Gasteiger partial charge in [0.15, 0.2) is 0 Å². The van der Waals surface area contributed by atoms with E-state index in [1.807, 2.05) is 30.3 Å². The van der Waals surface area contributed by atoms with Crippen LogP contribution in [0.5, 0.6) is 0 Å². The molecule has 0 bridgehead atoms. The van der Waals surface area contributed by atoms with Gasteiger partial charge >= 0.3 is 11.9 Å². The molecule has 0 saturated heterocycles. The van der Waals surface area contributed by atoms with E-state index in [4.69, 9.17) is 5.11 Å². The number of hydrogen-bond donors (Lipinski definition) is 4. The van der Waals surface area contributed by atoms with Crippen LogP contribution < -0.4 is 12.3 Å². The van der Waals surface area contributed by atoms with E-state index < -0.39 is 11.9 Å². The van der Waals surface area contributed by atoms with Gasteiger partial charge in [-0.2, -0.15) is 0 Å². The molecule has 0 saturated carbocycles. The summed E-state index contributed by atoms with van der Waals surface area (Å²) in [6, 6.07) is 14.1. The molecule has 0 atom stereocenters. The molecule has 0 aliphatic heterocycles. The molecular formula is C16H16N2O4. The van der Waals surface area contributed by atoms with Gasteiger partial charge in [-0.25, -0.2) is 9.59 Å². The average molecular weight is 300 g/mol. The standard InChI is InChI=1S/C16H10O4.2H3N/c17-15(18)12-6-5-11-7-9-3-1-2-4-10(9)8-13(11)14(12)16(19)20;;/h1-8H,(H,17,18)(H,19,20);2*1H3. The summed E-state index contributed by atoms with van der Waals surface area (Å²) in [6.45, 7) is 0. The topological polar surface area (TPSA) is 145 Å². The first kappa shape index (κ1) is 17.1. The van der Waals surface area contributed by atoms with E-state index >= 15 is 0 Å². The highest BCUT2D eigenvalue weighted by Crippen LogP contribution is 2.28. The molecule has 3 aromatic carbocycles. The van der Waals surface area contributed by atoms with Crippen molar-refractivity contribution in [1.29, 1.82) is 0 Å². The lowest BCUT2D eigenvalue weighted by Crippen LogP contribution is -2.08. The molecule has 8 N–H and O–H groups in total. The minimum absolute atomic E-state index is 0. The summed E-state index contributed by atoms with van der Waals surface area (Å²) in [5.41, 5.74) is -0.360. The Morgan fingerprint density at radius 2 is 1.32 bits per heavy atom. The van der Waals surface area contributed by atoms with Crippen molar-refractivity contribution in [2.24, 2.45) is 0 Å². The first-order valence-corrected chi connectivity index (χ1v) is 6.00. The smallest absolute Gasteiger partial charge is 0.337 e. The van der Waals surface area contributed by atoms with Gasteiger partial charge < -0.3 is 22.5 Å². The number of rotatable bonds is 2. The predicted octanol–water partition coefficient (Wildman–Crippen LogP) is 3.71. The maximum Gasteiger partial charge on any atom is 0.337 e.